The molecule has 1 atom stereocenters. The Balaban J connectivity index is 1.42. The fraction of sp³-hybridized carbons (Fsp3) is 0.316. The molecule has 0 amide bonds. The van der Waals surface area contributed by atoms with E-state index in [2.05, 4.69) is 91.9 Å². The van der Waals surface area contributed by atoms with Crippen molar-refractivity contribution in [2.45, 2.75) is 25.9 Å². The van der Waals surface area contributed by atoms with Crippen molar-refractivity contribution in [1.82, 2.24) is 0 Å². The Morgan fingerprint density at radius 1 is 0.659 bits per heavy atom. The summed E-state index contributed by atoms with van der Waals surface area (Å²) in [5.74, 6) is 2.65. The van der Waals surface area contributed by atoms with Gasteiger partial charge in [-0.3, -0.25) is 0 Å². The highest BCUT2D eigenvalue weighted by molar-refractivity contribution is 5.89. The molecule has 5 aromatic carbocycles. The maximum Gasteiger partial charge on any atom is 0.125 e. The molecule has 0 aromatic heterocycles. The number of fused-ring (bicyclic) bond motifs is 2. The van der Waals surface area contributed by atoms with Gasteiger partial charge in [0.1, 0.15) is 43.2 Å². The fourth-order valence-corrected chi connectivity index (χ4v) is 5.84. The largest absolute Gasteiger partial charge is 0.491 e. The lowest BCUT2D eigenvalue weighted by Gasteiger charge is -2.20. The predicted octanol–water partition coefficient (Wildman–Crippen LogP) is 7.31. The minimum absolute atomic E-state index is 0.188. The van der Waals surface area contributed by atoms with Crippen molar-refractivity contribution < 1.29 is 28.4 Å². The van der Waals surface area contributed by atoms with Gasteiger partial charge in [-0.05, 0) is 57.3 Å². The van der Waals surface area contributed by atoms with E-state index in [9.17, 15) is 0 Å². The third-order valence-electron chi connectivity index (χ3n) is 8.06. The Morgan fingerprint density at radius 3 is 1.89 bits per heavy atom. The summed E-state index contributed by atoms with van der Waals surface area (Å²) in [5, 5.41) is 4.74. The van der Waals surface area contributed by atoms with Gasteiger partial charge in [-0.15, -0.1) is 0 Å². The molecule has 0 saturated carbocycles. The number of hydrogen-bond acceptors (Lipinski definition) is 6. The lowest BCUT2D eigenvalue weighted by Crippen LogP contribution is -2.10. The maximum atomic E-state index is 6.38. The molecule has 1 heterocycles. The SMILES string of the molecule is COCCOc1ccc2ccccc2c1Cc1cc(Cc2c(OCC3CO3)ccc3ccccc23)cc(C)c1OCCOC. The fourth-order valence-electron chi connectivity index (χ4n) is 5.84. The molecule has 6 heteroatoms. The number of benzene rings is 5. The molecule has 0 N–H and O–H groups in total. The highest BCUT2D eigenvalue weighted by Gasteiger charge is 2.24. The number of methoxy groups -OCH3 is 2. The molecule has 0 radical (unpaired) electrons. The van der Waals surface area contributed by atoms with Gasteiger partial charge in [0, 0.05) is 38.2 Å². The van der Waals surface area contributed by atoms with E-state index < -0.39 is 0 Å². The zero-order chi connectivity index (χ0) is 30.3. The highest BCUT2D eigenvalue weighted by Crippen LogP contribution is 2.37. The molecular weight excluding hydrogens is 552 g/mol. The van der Waals surface area contributed by atoms with Crippen molar-refractivity contribution in [3.8, 4) is 17.2 Å². The van der Waals surface area contributed by atoms with E-state index in [0.29, 0.717) is 39.5 Å². The summed E-state index contributed by atoms with van der Waals surface area (Å²) in [5.41, 5.74) is 5.70. The summed E-state index contributed by atoms with van der Waals surface area (Å²) in [6.45, 7) is 5.44. The molecular formula is C38H40O6. The van der Waals surface area contributed by atoms with Crippen LogP contribution in [0.25, 0.3) is 21.5 Å². The smallest absolute Gasteiger partial charge is 0.125 e. The van der Waals surface area contributed by atoms with Crippen molar-refractivity contribution in [3.63, 3.8) is 0 Å². The summed E-state index contributed by atoms with van der Waals surface area (Å²) in [6.07, 6.45) is 1.56. The van der Waals surface area contributed by atoms with Crippen LogP contribution in [0.5, 0.6) is 17.2 Å². The van der Waals surface area contributed by atoms with E-state index in [-0.39, 0.29) is 6.10 Å². The molecule has 1 aliphatic rings. The number of hydrogen-bond donors (Lipinski definition) is 0. The molecule has 44 heavy (non-hydrogen) atoms. The van der Waals surface area contributed by atoms with E-state index in [4.69, 9.17) is 28.4 Å². The van der Waals surface area contributed by atoms with Crippen molar-refractivity contribution in [2.75, 3.05) is 53.9 Å². The Labute approximate surface area is 259 Å². The average Bonchev–Trinajstić information content (AvgIpc) is 3.88. The second-order valence-corrected chi connectivity index (χ2v) is 11.2. The summed E-state index contributed by atoms with van der Waals surface area (Å²) >= 11 is 0. The summed E-state index contributed by atoms with van der Waals surface area (Å²) < 4.78 is 34.9. The first-order valence-corrected chi connectivity index (χ1v) is 15.3. The van der Waals surface area contributed by atoms with Crippen molar-refractivity contribution in [3.05, 3.63) is 113 Å². The minimum Gasteiger partial charge on any atom is -0.491 e. The zero-order valence-electron chi connectivity index (χ0n) is 25.8. The molecule has 228 valence electrons. The van der Waals surface area contributed by atoms with Crippen molar-refractivity contribution >= 4 is 21.5 Å². The van der Waals surface area contributed by atoms with Crippen LogP contribution in [-0.2, 0) is 27.1 Å². The van der Waals surface area contributed by atoms with E-state index in [1.54, 1.807) is 14.2 Å². The van der Waals surface area contributed by atoms with Gasteiger partial charge in [0.25, 0.3) is 0 Å². The zero-order valence-corrected chi connectivity index (χ0v) is 25.8. The Kier molecular flexibility index (Phi) is 9.61. The van der Waals surface area contributed by atoms with Crippen LogP contribution in [-0.4, -0.2) is 60.0 Å². The van der Waals surface area contributed by atoms with Gasteiger partial charge in [-0.1, -0.05) is 72.8 Å². The number of rotatable bonds is 15. The molecule has 0 aliphatic carbocycles. The maximum absolute atomic E-state index is 6.38. The Bertz CT molecular complexity index is 1720. The van der Waals surface area contributed by atoms with Gasteiger partial charge in [0.15, 0.2) is 0 Å². The molecule has 5 aromatic rings. The van der Waals surface area contributed by atoms with E-state index in [1.165, 1.54) is 32.7 Å². The standard InChI is InChI=1S/C38H40O6/c1-26-20-27(22-34-32-10-6-4-8-28(32)13-15-37(34)44-25-31-24-43-31)21-30(38(26)42-19-17-40-3)23-35-33-11-7-5-9-29(33)12-14-36(35)41-18-16-39-2/h4-15,20-21,31H,16-19,22-25H2,1-3H3. The molecule has 1 fully saturated rings. The van der Waals surface area contributed by atoms with E-state index in [1.807, 2.05) is 0 Å². The Hall–Kier alpha value is -4.10. The first-order valence-electron chi connectivity index (χ1n) is 15.3. The molecule has 0 spiro atoms. The van der Waals surface area contributed by atoms with Crippen molar-refractivity contribution in [2.24, 2.45) is 0 Å². The molecule has 1 saturated heterocycles. The van der Waals surface area contributed by atoms with Gasteiger partial charge >= 0.3 is 0 Å². The van der Waals surface area contributed by atoms with Crippen LogP contribution in [0, 0.1) is 6.92 Å². The first kappa shape index (κ1) is 29.9. The second-order valence-electron chi connectivity index (χ2n) is 11.2. The topological polar surface area (TPSA) is 58.7 Å². The summed E-state index contributed by atoms with van der Waals surface area (Å²) in [6, 6.07) is 29.9. The van der Waals surface area contributed by atoms with Crippen LogP contribution in [0.2, 0.25) is 0 Å². The van der Waals surface area contributed by atoms with Crippen LogP contribution in [0.15, 0.2) is 84.9 Å². The van der Waals surface area contributed by atoms with Gasteiger partial charge in [0.2, 0.25) is 0 Å². The second kappa shape index (κ2) is 14.1. The molecule has 1 aliphatic heterocycles. The van der Waals surface area contributed by atoms with Crippen LogP contribution >= 0.6 is 0 Å². The molecule has 1 unspecified atom stereocenters. The third-order valence-corrected chi connectivity index (χ3v) is 8.06. The highest BCUT2D eigenvalue weighted by atomic mass is 16.6. The van der Waals surface area contributed by atoms with Gasteiger partial charge < -0.3 is 28.4 Å². The molecule has 6 nitrogen and oxygen atoms in total. The minimum atomic E-state index is 0.188. The monoisotopic (exact) mass is 592 g/mol. The van der Waals surface area contributed by atoms with Crippen LogP contribution in [0.4, 0.5) is 0 Å². The van der Waals surface area contributed by atoms with Gasteiger partial charge in [-0.2, -0.15) is 0 Å². The van der Waals surface area contributed by atoms with Crippen LogP contribution < -0.4 is 14.2 Å². The first-order chi connectivity index (χ1) is 21.6. The van der Waals surface area contributed by atoms with Gasteiger partial charge in [-0.25, -0.2) is 0 Å². The lowest BCUT2D eigenvalue weighted by molar-refractivity contribution is 0.145. The van der Waals surface area contributed by atoms with Gasteiger partial charge in [0.05, 0.1) is 19.8 Å². The number of ether oxygens (including phenoxy) is 6. The number of epoxide rings is 1. The Morgan fingerprint density at radius 2 is 1.25 bits per heavy atom. The summed E-state index contributed by atoms with van der Waals surface area (Å²) in [4.78, 5) is 0. The van der Waals surface area contributed by atoms with Crippen LogP contribution in [0.3, 0.4) is 0 Å². The molecule has 0 bridgehead atoms. The normalized spacial score (nSPS) is 14.2. The summed E-state index contributed by atoms with van der Waals surface area (Å²) in [7, 11) is 3.38. The molecule has 6 rings (SSSR count). The van der Waals surface area contributed by atoms with E-state index >= 15 is 0 Å². The number of aryl methyl sites for hydroxylation is 1. The lowest BCUT2D eigenvalue weighted by atomic mass is 9.91. The average molecular weight is 593 g/mol. The quantitative estimate of drug-likeness (QED) is 0.0939. The predicted molar refractivity (Wildman–Crippen MR) is 175 cm³/mol. The van der Waals surface area contributed by atoms with Crippen LogP contribution in [0.1, 0.15) is 27.8 Å². The third kappa shape index (κ3) is 6.99. The van der Waals surface area contributed by atoms with Crippen molar-refractivity contribution in [1.29, 1.82) is 0 Å². The van der Waals surface area contributed by atoms with E-state index in [0.717, 1.165) is 47.0 Å².